The van der Waals surface area contributed by atoms with Crippen LogP contribution in [0.15, 0.2) is 97.1 Å². The fourth-order valence-corrected chi connectivity index (χ4v) is 4.01. The van der Waals surface area contributed by atoms with Gasteiger partial charge in [0.1, 0.15) is 0 Å². The summed E-state index contributed by atoms with van der Waals surface area (Å²) in [6, 6.07) is 27.2. The van der Waals surface area contributed by atoms with Crippen molar-refractivity contribution in [3.05, 3.63) is 142 Å². The molecule has 0 bridgehead atoms. The standard InChI is InChI=1S/C29H24N4O4/c30-32-28(36)24-7-3-1-5-22(24)26(34)20-13-9-18(10-14-20)17-19-11-15-21(16-12-19)27(35)23-6-2-4-8-25(23)29(37)33-31/h1-16H,17,30-31H2,(H,32,36)(H,33,37). The zero-order valence-corrected chi connectivity index (χ0v) is 19.7. The highest BCUT2D eigenvalue weighted by atomic mass is 16.2. The zero-order valence-electron chi connectivity index (χ0n) is 19.7. The SMILES string of the molecule is NNC(=O)c1ccccc1C(=O)c1ccc(Cc2ccc(C(=O)c3ccccc3C(=O)NN)cc2)cc1. The third-order valence-corrected chi connectivity index (χ3v) is 5.94. The zero-order chi connectivity index (χ0) is 26.4. The van der Waals surface area contributed by atoms with Crippen molar-refractivity contribution in [2.75, 3.05) is 0 Å². The Kier molecular flexibility index (Phi) is 7.63. The number of rotatable bonds is 8. The largest absolute Gasteiger partial charge is 0.290 e. The van der Waals surface area contributed by atoms with E-state index in [2.05, 4.69) is 10.9 Å². The fraction of sp³-hybridized carbons (Fsp3) is 0.0345. The Balaban J connectivity index is 1.48. The lowest BCUT2D eigenvalue weighted by Gasteiger charge is -2.09. The molecule has 6 N–H and O–H groups in total. The van der Waals surface area contributed by atoms with E-state index >= 15 is 0 Å². The molecular weight excluding hydrogens is 468 g/mol. The van der Waals surface area contributed by atoms with Crippen LogP contribution >= 0.6 is 0 Å². The second kappa shape index (κ2) is 11.2. The summed E-state index contributed by atoms with van der Waals surface area (Å²) in [6.07, 6.45) is 0.585. The van der Waals surface area contributed by atoms with E-state index in [1.807, 2.05) is 24.3 Å². The lowest BCUT2D eigenvalue weighted by molar-refractivity contribution is 0.0939. The lowest BCUT2D eigenvalue weighted by atomic mass is 9.95. The Hall–Kier alpha value is -4.92. The van der Waals surface area contributed by atoms with Gasteiger partial charge < -0.3 is 0 Å². The van der Waals surface area contributed by atoms with E-state index in [-0.39, 0.29) is 33.8 Å². The quantitative estimate of drug-likeness (QED) is 0.129. The first-order valence-corrected chi connectivity index (χ1v) is 11.4. The number of nitrogens with one attached hydrogen (secondary N) is 2. The van der Waals surface area contributed by atoms with E-state index < -0.39 is 11.8 Å². The summed E-state index contributed by atoms with van der Waals surface area (Å²) in [4.78, 5) is 50.0. The Morgan fingerprint density at radius 2 is 0.811 bits per heavy atom. The highest BCUT2D eigenvalue weighted by Gasteiger charge is 2.18. The molecule has 184 valence electrons. The maximum atomic E-state index is 13.0. The van der Waals surface area contributed by atoms with E-state index in [0.29, 0.717) is 17.5 Å². The Morgan fingerprint density at radius 3 is 1.14 bits per heavy atom. The van der Waals surface area contributed by atoms with Gasteiger partial charge in [-0.2, -0.15) is 0 Å². The van der Waals surface area contributed by atoms with Crippen molar-refractivity contribution < 1.29 is 19.2 Å². The van der Waals surface area contributed by atoms with Crippen LogP contribution in [0.4, 0.5) is 0 Å². The van der Waals surface area contributed by atoms with E-state index in [0.717, 1.165) is 11.1 Å². The number of hydrogen-bond acceptors (Lipinski definition) is 6. The van der Waals surface area contributed by atoms with Crippen LogP contribution in [0, 0.1) is 0 Å². The van der Waals surface area contributed by atoms with Crippen molar-refractivity contribution >= 4 is 23.4 Å². The van der Waals surface area contributed by atoms with Gasteiger partial charge >= 0.3 is 0 Å². The Morgan fingerprint density at radius 1 is 0.486 bits per heavy atom. The van der Waals surface area contributed by atoms with Gasteiger partial charge in [-0.05, 0) is 29.7 Å². The third kappa shape index (κ3) is 5.51. The van der Waals surface area contributed by atoms with E-state index in [4.69, 9.17) is 11.7 Å². The average molecular weight is 493 g/mol. The number of hydrazine groups is 2. The molecule has 0 aliphatic heterocycles. The number of carbonyl (C=O) groups excluding carboxylic acids is 4. The molecule has 0 atom stereocenters. The van der Waals surface area contributed by atoms with Gasteiger partial charge in [0, 0.05) is 22.3 Å². The molecule has 8 nitrogen and oxygen atoms in total. The molecule has 0 saturated heterocycles. The summed E-state index contributed by atoms with van der Waals surface area (Å²) >= 11 is 0. The van der Waals surface area contributed by atoms with Crippen LogP contribution in [-0.2, 0) is 6.42 Å². The number of nitrogens with two attached hydrogens (primary N) is 2. The molecule has 4 aromatic carbocycles. The summed E-state index contributed by atoms with van der Waals surface area (Å²) in [6.45, 7) is 0. The molecule has 0 unspecified atom stereocenters. The van der Waals surface area contributed by atoms with Gasteiger partial charge in [-0.25, -0.2) is 11.7 Å². The predicted octanol–water partition coefficient (Wildman–Crippen LogP) is 2.95. The normalized spacial score (nSPS) is 10.4. The predicted molar refractivity (Wildman–Crippen MR) is 139 cm³/mol. The Labute approximate surface area is 213 Å². The molecule has 0 saturated carbocycles. The van der Waals surface area contributed by atoms with Crippen LogP contribution in [0.2, 0.25) is 0 Å². The third-order valence-electron chi connectivity index (χ3n) is 5.94. The molecule has 0 radical (unpaired) electrons. The molecule has 37 heavy (non-hydrogen) atoms. The molecule has 0 aliphatic rings. The van der Waals surface area contributed by atoms with Crippen molar-refractivity contribution in [2.45, 2.75) is 6.42 Å². The minimum absolute atomic E-state index is 0.208. The summed E-state index contributed by atoms with van der Waals surface area (Å²) in [7, 11) is 0. The lowest BCUT2D eigenvalue weighted by Crippen LogP contribution is -2.31. The first-order valence-electron chi connectivity index (χ1n) is 11.4. The van der Waals surface area contributed by atoms with Crippen LogP contribution < -0.4 is 22.5 Å². The molecule has 4 aromatic rings. The van der Waals surface area contributed by atoms with Crippen molar-refractivity contribution in [2.24, 2.45) is 11.7 Å². The number of hydrogen-bond donors (Lipinski definition) is 4. The second-order valence-electron chi connectivity index (χ2n) is 8.27. The van der Waals surface area contributed by atoms with E-state index in [1.54, 1.807) is 72.8 Å². The number of nitrogen functional groups attached to an aromatic ring is 2. The van der Waals surface area contributed by atoms with Crippen LogP contribution in [-0.4, -0.2) is 23.4 Å². The van der Waals surface area contributed by atoms with Gasteiger partial charge in [-0.15, -0.1) is 0 Å². The van der Waals surface area contributed by atoms with Crippen molar-refractivity contribution in [1.82, 2.24) is 10.9 Å². The first-order chi connectivity index (χ1) is 17.9. The van der Waals surface area contributed by atoms with E-state index in [1.165, 1.54) is 0 Å². The van der Waals surface area contributed by atoms with Crippen LogP contribution in [0.3, 0.4) is 0 Å². The van der Waals surface area contributed by atoms with Crippen LogP contribution in [0.5, 0.6) is 0 Å². The highest BCUT2D eigenvalue weighted by molar-refractivity contribution is 6.16. The summed E-state index contributed by atoms with van der Waals surface area (Å²) in [5.74, 6) is 8.84. The summed E-state index contributed by atoms with van der Waals surface area (Å²) in [5.41, 5.74) is 7.90. The topological polar surface area (TPSA) is 144 Å². The average Bonchev–Trinajstić information content (AvgIpc) is 2.96. The van der Waals surface area contributed by atoms with Gasteiger partial charge in [0.15, 0.2) is 11.6 Å². The van der Waals surface area contributed by atoms with Gasteiger partial charge in [0.2, 0.25) is 0 Å². The molecule has 2 amide bonds. The number of benzene rings is 4. The summed E-state index contributed by atoms with van der Waals surface area (Å²) < 4.78 is 0. The van der Waals surface area contributed by atoms with E-state index in [9.17, 15) is 19.2 Å². The van der Waals surface area contributed by atoms with Gasteiger partial charge in [-0.1, -0.05) is 84.9 Å². The maximum absolute atomic E-state index is 13.0. The molecule has 8 heteroatoms. The van der Waals surface area contributed by atoms with Crippen molar-refractivity contribution in [1.29, 1.82) is 0 Å². The number of amides is 2. The van der Waals surface area contributed by atoms with Crippen molar-refractivity contribution in [3.8, 4) is 0 Å². The molecule has 0 heterocycles. The smallest absolute Gasteiger partial charge is 0.265 e. The van der Waals surface area contributed by atoms with Gasteiger partial charge in [0.05, 0.1) is 11.1 Å². The molecular formula is C29H24N4O4. The Bertz CT molecular complexity index is 1370. The first kappa shape index (κ1) is 25.2. The highest BCUT2D eigenvalue weighted by Crippen LogP contribution is 2.19. The fourth-order valence-electron chi connectivity index (χ4n) is 4.01. The number of carbonyl (C=O) groups is 4. The minimum atomic E-state index is -0.534. The second-order valence-corrected chi connectivity index (χ2v) is 8.27. The maximum Gasteiger partial charge on any atom is 0.265 e. The van der Waals surface area contributed by atoms with Gasteiger partial charge in [0.25, 0.3) is 11.8 Å². The molecule has 0 fully saturated rings. The molecule has 0 aromatic heterocycles. The van der Waals surface area contributed by atoms with Crippen LogP contribution in [0.1, 0.15) is 63.7 Å². The minimum Gasteiger partial charge on any atom is -0.290 e. The van der Waals surface area contributed by atoms with Crippen molar-refractivity contribution in [3.63, 3.8) is 0 Å². The van der Waals surface area contributed by atoms with Crippen LogP contribution in [0.25, 0.3) is 0 Å². The molecule has 4 rings (SSSR count). The summed E-state index contributed by atoms with van der Waals surface area (Å²) in [5, 5.41) is 0. The molecule has 0 spiro atoms. The van der Waals surface area contributed by atoms with Gasteiger partial charge in [-0.3, -0.25) is 30.0 Å². The molecule has 0 aliphatic carbocycles. The number of ketones is 2. The monoisotopic (exact) mass is 492 g/mol.